The lowest BCUT2D eigenvalue weighted by Gasteiger charge is -2.41. The largest absolute Gasteiger partial charge is 0.390 e. The number of likely N-dealkylation sites (N-methyl/N-ethyl adjacent to an activating group) is 1. The summed E-state index contributed by atoms with van der Waals surface area (Å²) < 4.78 is 2.58. The molecule has 1 aromatic carbocycles. The number of piperazine rings is 1. The van der Waals surface area contributed by atoms with E-state index in [-0.39, 0.29) is 6.10 Å². The highest BCUT2D eigenvalue weighted by molar-refractivity contribution is 5.87. The first-order valence-corrected chi connectivity index (χ1v) is 11.0. The Balaban J connectivity index is 1.34. The number of β-amino-alcohol motifs (C(OH)–C–C–N with tert-alkyl or cyclic N) is 1. The third kappa shape index (κ3) is 3.28. The predicted octanol–water partition coefficient (Wildman–Crippen LogP) is 2.25. The normalized spacial score (nSPS) is 25.2. The molecule has 2 aromatic rings. The van der Waals surface area contributed by atoms with Crippen LogP contribution in [0.3, 0.4) is 0 Å². The first-order valence-electron chi connectivity index (χ1n) is 11.0. The molecule has 0 spiro atoms. The zero-order chi connectivity index (χ0) is 19.3. The van der Waals surface area contributed by atoms with Crippen LogP contribution in [0.5, 0.6) is 0 Å². The lowest BCUT2D eigenvalue weighted by atomic mass is 9.89. The van der Waals surface area contributed by atoms with Crippen molar-refractivity contribution in [1.82, 2.24) is 19.3 Å². The molecule has 5 heteroatoms. The van der Waals surface area contributed by atoms with Gasteiger partial charge in [-0.25, -0.2) is 0 Å². The molecular formula is C23H34N4O. The molecule has 1 fully saturated rings. The maximum absolute atomic E-state index is 10.8. The average molecular weight is 383 g/mol. The number of aromatic nitrogens is 1. The number of rotatable bonds is 4. The molecule has 5 nitrogen and oxygen atoms in total. The van der Waals surface area contributed by atoms with Crippen LogP contribution in [0.4, 0.5) is 0 Å². The summed E-state index contributed by atoms with van der Waals surface area (Å²) in [4.78, 5) is 7.38. The van der Waals surface area contributed by atoms with Crippen LogP contribution >= 0.6 is 0 Å². The Morgan fingerprint density at radius 1 is 1.07 bits per heavy atom. The summed E-state index contributed by atoms with van der Waals surface area (Å²) >= 11 is 0. The van der Waals surface area contributed by atoms with Crippen molar-refractivity contribution in [2.24, 2.45) is 0 Å². The van der Waals surface area contributed by atoms with E-state index in [1.165, 1.54) is 35.7 Å². The number of hydrogen-bond acceptors (Lipinski definition) is 4. The van der Waals surface area contributed by atoms with E-state index in [0.717, 1.165) is 52.4 Å². The molecule has 5 rings (SSSR count). The molecule has 0 saturated carbocycles. The Kier molecular flexibility index (Phi) is 4.95. The predicted molar refractivity (Wildman–Crippen MR) is 114 cm³/mol. The van der Waals surface area contributed by atoms with Crippen LogP contribution in [-0.4, -0.2) is 83.3 Å². The van der Waals surface area contributed by atoms with Crippen LogP contribution < -0.4 is 0 Å². The monoisotopic (exact) mass is 382 g/mol. The molecule has 3 heterocycles. The molecule has 0 bridgehead atoms. The molecule has 3 aliphatic rings. The van der Waals surface area contributed by atoms with Gasteiger partial charge in [-0.1, -0.05) is 11.6 Å². The van der Waals surface area contributed by atoms with Crippen molar-refractivity contribution in [3.8, 4) is 0 Å². The third-order valence-electron chi connectivity index (χ3n) is 7.15. The van der Waals surface area contributed by atoms with Crippen LogP contribution in [-0.2, 0) is 13.0 Å². The van der Waals surface area contributed by atoms with Gasteiger partial charge in [-0.15, -0.1) is 0 Å². The second-order valence-electron chi connectivity index (χ2n) is 9.20. The van der Waals surface area contributed by atoms with E-state index in [9.17, 15) is 5.11 Å². The van der Waals surface area contributed by atoms with Crippen molar-refractivity contribution in [3.63, 3.8) is 0 Å². The van der Waals surface area contributed by atoms with E-state index in [0.29, 0.717) is 6.04 Å². The van der Waals surface area contributed by atoms with Gasteiger partial charge in [0, 0.05) is 69.0 Å². The fraction of sp³-hybridized carbons (Fsp3) is 0.652. The number of aliphatic hydroxyl groups is 1. The summed E-state index contributed by atoms with van der Waals surface area (Å²) in [6.45, 7) is 10.3. The Labute approximate surface area is 168 Å². The molecule has 1 N–H and O–H groups in total. The van der Waals surface area contributed by atoms with Gasteiger partial charge in [0.05, 0.1) is 12.1 Å². The van der Waals surface area contributed by atoms with Crippen LogP contribution in [0.2, 0.25) is 0 Å². The van der Waals surface area contributed by atoms with Gasteiger partial charge in [0.25, 0.3) is 0 Å². The Hall–Kier alpha value is -1.40. The zero-order valence-corrected chi connectivity index (χ0v) is 17.4. The van der Waals surface area contributed by atoms with Crippen molar-refractivity contribution < 1.29 is 5.11 Å². The van der Waals surface area contributed by atoms with Crippen molar-refractivity contribution in [3.05, 3.63) is 35.0 Å². The van der Waals surface area contributed by atoms with E-state index in [2.05, 4.69) is 51.4 Å². The van der Waals surface area contributed by atoms with Gasteiger partial charge >= 0.3 is 0 Å². The van der Waals surface area contributed by atoms with Crippen molar-refractivity contribution in [2.75, 3.05) is 52.9 Å². The number of aliphatic hydroxyl groups excluding tert-OH is 1. The molecule has 152 valence electrons. The lowest BCUT2D eigenvalue weighted by Crippen LogP contribution is -2.50. The van der Waals surface area contributed by atoms with Crippen molar-refractivity contribution in [1.29, 1.82) is 0 Å². The van der Waals surface area contributed by atoms with Crippen LogP contribution in [0, 0.1) is 6.92 Å². The minimum atomic E-state index is -0.257. The minimum Gasteiger partial charge on any atom is -0.390 e. The molecule has 1 saturated heterocycles. The highest BCUT2D eigenvalue weighted by Crippen LogP contribution is 2.42. The first-order chi connectivity index (χ1) is 13.6. The van der Waals surface area contributed by atoms with Gasteiger partial charge in [-0.05, 0) is 50.9 Å². The topological polar surface area (TPSA) is 34.9 Å². The lowest BCUT2D eigenvalue weighted by molar-refractivity contribution is 0.0316. The van der Waals surface area contributed by atoms with E-state index >= 15 is 0 Å². The quantitative estimate of drug-likeness (QED) is 0.880. The van der Waals surface area contributed by atoms with E-state index in [1.807, 2.05) is 0 Å². The molecular weight excluding hydrogens is 348 g/mol. The molecule has 0 amide bonds. The fourth-order valence-electron chi connectivity index (χ4n) is 5.67. The summed E-state index contributed by atoms with van der Waals surface area (Å²) in [7, 11) is 2.18. The zero-order valence-electron chi connectivity index (χ0n) is 17.4. The third-order valence-corrected chi connectivity index (χ3v) is 7.15. The summed E-state index contributed by atoms with van der Waals surface area (Å²) in [6.07, 6.45) is 3.43. The van der Waals surface area contributed by atoms with Gasteiger partial charge < -0.3 is 14.6 Å². The molecule has 0 radical (unpaired) electrons. The van der Waals surface area contributed by atoms with Gasteiger partial charge in [0.1, 0.15) is 0 Å². The minimum absolute atomic E-state index is 0.257. The number of nitrogens with zero attached hydrogens (tertiary/aromatic N) is 4. The Morgan fingerprint density at radius 3 is 2.71 bits per heavy atom. The molecule has 1 aromatic heterocycles. The van der Waals surface area contributed by atoms with Gasteiger partial charge in [0.15, 0.2) is 0 Å². The van der Waals surface area contributed by atoms with Gasteiger partial charge in [-0.3, -0.25) is 9.80 Å². The number of fused-ring (bicyclic) bond motifs is 3. The summed E-state index contributed by atoms with van der Waals surface area (Å²) in [5.74, 6) is 0. The van der Waals surface area contributed by atoms with Crippen LogP contribution in [0.15, 0.2) is 18.2 Å². The summed E-state index contributed by atoms with van der Waals surface area (Å²) in [6, 6.07) is 7.42. The second-order valence-corrected chi connectivity index (χ2v) is 9.20. The maximum Gasteiger partial charge on any atom is 0.0794 e. The maximum atomic E-state index is 10.8. The number of aryl methyl sites for hydroxylation is 2. The standard InChI is InChI=1S/C23H34N4O/c1-17-6-7-21-20(14-17)19-4-3-5-22-23(19)27(21)13-12-26(22)16-18(28)15-25-10-8-24(2)9-11-25/h6-7,14,18,22,28H,3-5,8-13,15-16H2,1-2H3/t18-,22-/m1/s1. The van der Waals surface area contributed by atoms with Crippen LogP contribution in [0.25, 0.3) is 10.9 Å². The summed E-state index contributed by atoms with van der Waals surface area (Å²) in [5.41, 5.74) is 5.89. The van der Waals surface area contributed by atoms with E-state index in [1.54, 1.807) is 11.3 Å². The SMILES string of the molecule is Cc1ccc2c(c1)c1c3n2CCN(C[C@H](O)CN2CCN(C)CC2)[C@@H]3CCC1. The average Bonchev–Trinajstić information content (AvgIpc) is 3.00. The Bertz CT molecular complexity index is 852. The second kappa shape index (κ2) is 7.45. The Morgan fingerprint density at radius 2 is 1.89 bits per heavy atom. The van der Waals surface area contributed by atoms with E-state index < -0.39 is 0 Å². The molecule has 28 heavy (non-hydrogen) atoms. The van der Waals surface area contributed by atoms with Gasteiger partial charge in [-0.2, -0.15) is 0 Å². The smallest absolute Gasteiger partial charge is 0.0794 e. The molecule has 2 aliphatic heterocycles. The highest BCUT2D eigenvalue weighted by Gasteiger charge is 2.35. The fourth-order valence-corrected chi connectivity index (χ4v) is 5.67. The molecule has 2 atom stereocenters. The number of benzene rings is 1. The van der Waals surface area contributed by atoms with Crippen LogP contribution in [0.1, 0.15) is 35.7 Å². The first kappa shape index (κ1) is 18.6. The van der Waals surface area contributed by atoms with Gasteiger partial charge in [0.2, 0.25) is 0 Å². The van der Waals surface area contributed by atoms with Crippen molar-refractivity contribution >= 4 is 10.9 Å². The molecule has 1 aliphatic carbocycles. The summed E-state index contributed by atoms with van der Waals surface area (Å²) in [5, 5.41) is 12.3. The van der Waals surface area contributed by atoms with E-state index in [4.69, 9.17) is 0 Å². The van der Waals surface area contributed by atoms with Crippen molar-refractivity contribution in [2.45, 2.75) is 44.9 Å². The number of hydrogen-bond donors (Lipinski definition) is 1. The highest BCUT2D eigenvalue weighted by atomic mass is 16.3. The molecule has 0 unspecified atom stereocenters.